The number of urea groups is 1. The summed E-state index contributed by atoms with van der Waals surface area (Å²) in [4.78, 5) is 13.9. The normalized spacial score (nSPS) is 20.5. The van der Waals surface area contributed by atoms with Crippen molar-refractivity contribution in [1.82, 2.24) is 25.2 Å². The van der Waals surface area contributed by atoms with Gasteiger partial charge in [-0.1, -0.05) is 5.21 Å². The minimum absolute atomic E-state index is 0.00875. The number of rotatable bonds is 3. The van der Waals surface area contributed by atoms with Gasteiger partial charge in [0, 0.05) is 30.6 Å². The number of carbonyl (C=O) groups is 1. The summed E-state index contributed by atoms with van der Waals surface area (Å²) in [6, 6.07) is 2.05. The molecule has 1 saturated heterocycles. The van der Waals surface area contributed by atoms with Gasteiger partial charge in [0.2, 0.25) is 0 Å². The number of hydrogen-bond acceptors (Lipinski definition) is 5. The fourth-order valence-electron chi connectivity index (χ4n) is 3.04. The van der Waals surface area contributed by atoms with E-state index in [9.17, 15) is 4.79 Å². The number of nitrogens with one attached hydrogen (secondary N) is 1. The second-order valence-corrected chi connectivity index (χ2v) is 6.67. The van der Waals surface area contributed by atoms with Gasteiger partial charge in [-0.3, -0.25) is 0 Å². The fraction of sp³-hybridized carbons (Fsp3) is 0.533. The van der Waals surface area contributed by atoms with Gasteiger partial charge in [-0.25, -0.2) is 9.48 Å². The second kappa shape index (κ2) is 6.29. The first-order valence-corrected chi connectivity index (χ1v) is 8.85. The number of ether oxygens (including phenoxy) is 1. The Balaban J connectivity index is 1.37. The molecule has 0 bridgehead atoms. The zero-order valence-electron chi connectivity index (χ0n) is 12.8. The summed E-state index contributed by atoms with van der Waals surface area (Å²) >= 11 is 1.64. The van der Waals surface area contributed by atoms with Crippen molar-refractivity contribution in [3.8, 4) is 11.3 Å². The van der Waals surface area contributed by atoms with E-state index in [4.69, 9.17) is 4.74 Å². The lowest BCUT2D eigenvalue weighted by Gasteiger charge is -2.25. The van der Waals surface area contributed by atoms with Crippen LogP contribution in [-0.2, 0) is 17.9 Å². The van der Waals surface area contributed by atoms with E-state index in [1.165, 1.54) is 0 Å². The van der Waals surface area contributed by atoms with Gasteiger partial charge in [-0.15, -0.1) is 5.10 Å². The van der Waals surface area contributed by atoms with E-state index >= 15 is 0 Å². The van der Waals surface area contributed by atoms with E-state index in [-0.39, 0.29) is 12.1 Å². The van der Waals surface area contributed by atoms with Gasteiger partial charge in [0.1, 0.15) is 5.69 Å². The van der Waals surface area contributed by atoms with E-state index in [2.05, 4.69) is 21.0 Å². The first-order chi connectivity index (χ1) is 11.3. The number of nitrogens with zero attached hydrogens (tertiary/aromatic N) is 4. The molecule has 122 valence electrons. The molecule has 7 nitrogen and oxygen atoms in total. The molecular formula is C15H19N5O2S. The Labute approximate surface area is 138 Å². The van der Waals surface area contributed by atoms with E-state index in [1.54, 1.807) is 11.3 Å². The molecule has 8 heteroatoms. The molecule has 0 aliphatic carbocycles. The maximum atomic E-state index is 12.0. The third kappa shape index (κ3) is 2.96. The highest BCUT2D eigenvalue weighted by molar-refractivity contribution is 7.08. The van der Waals surface area contributed by atoms with Crippen LogP contribution in [0.15, 0.2) is 16.8 Å². The smallest absolute Gasteiger partial charge is 0.317 e. The van der Waals surface area contributed by atoms with Crippen molar-refractivity contribution in [2.45, 2.75) is 32.1 Å². The molecule has 1 N–H and O–H groups in total. The van der Waals surface area contributed by atoms with Crippen molar-refractivity contribution < 1.29 is 9.53 Å². The lowest BCUT2D eigenvalue weighted by Crippen LogP contribution is -2.44. The lowest BCUT2D eigenvalue weighted by atomic mass is 10.2. The predicted molar refractivity (Wildman–Crippen MR) is 86.1 cm³/mol. The van der Waals surface area contributed by atoms with Crippen LogP contribution in [0.3, 0.4) is 0 Å². The predicted octanol–water partition coefficient (Wildman–Crippen LogP) is 1.71. The average Bonchev–Trinajstić information content (AvgIpc) is 3.32. The summed E-state index contributed by atoms with van der Waals surface area (Å²) in [6.45, 7) is 3.31. The van der Waals surface area contributed by atoms with Crippen molar-refractivity contribution in [2.24, 2.45) is 0 Å². The highest BCUT2D eigenvalue weighted by Crippen LogP contribution is 2.26. The largest absolute Gasteiger partial charge is 0.368 e. The molecule has 1 atom stereocenters. The van der Waals surface area contributed by atoms with Crippen molar-refractivity contribution >= 4 is 17.4 Å². The molecule has 23 heavy (non-hydrogen) atoms. The van der Waals surface area contributed by atoms with Gasteiger partial charge < -0.3 is 15.0 Å². The van der Waals surface area contributed by atoms with Crippen LogP contribution in [0.5, 0.6) is 0 Å². The number of carbonyl (C=O) groups excluding carboxylic acids is 1. The molecule has 2 aliphatic rings. The van der Waals surface area contributed by atoms with Gasteiger partial charge in [-0.2, -0.15) is 11.3 Å². The van der Waals surface area contributed by atoms with Crippen LogP contribution < -0.4 is 5.32 Å². The Hall–Kier alpha value is -1.93. The molecule has 2 amide bonds. The third-order valence-corrected chi connectivity index (χ3v) is 5.02. The maximum Gasteiger partial charge on any atom is 0.317 e. The van der Waals surface area contributed by atoms with Crippen LogP contribution >= 0.6 is 11.3 Å². The topological polar surface area (TPSA) is 72.3 Å². The first-order valence-electron chi connectivity index (χ1n) is 7.90. The van der Waals surface area contributed by atoms with Gasteiger partial charge in [0.15, 0.2) is 0 Å². The lowest BCUT2D eigenvalue weighted by molar-refractivity contribution is 0.00240. The Morgan fingerprint density at radius 1 is 1.43 bits per heavy atom. The van der Waals surface area contributed by atoms with E-state index < -0.39 is 0 Å². The summed E-state index contributed by atoms with van der Waals surface area (Å²) in [7, 11) is 0. The van der Waals surface area contributed by atoms with Crippen LogP contribution in [0.25, 0.3) is 11.3 Å². The van der Waals surface area contributed by atoms with Crippen LogP contribution in [0.1, 0.15) is 18.5 Å². The SMILES string of the molecule is O=C(NCC1Cn2nnc(-c3ccsc3)c2CO1)N1CCCC1. The number of aromatic nitrogens is 3. The molecule has 1 fully saturated rings. The summed E-state index contributed by atoms with van der Waals surface area (Å²) in [5, 5.41) is 15.6. The van der Waals surface area contributed by atoms with Crippen LogP contribution in [0.2, 0.25) is 0 Å². The molecule has 0 radical (unpaired) electrons. The standard InChI is InChI=1S/C15H19N5O2S/c21-15(19-4-1-2-5-19)16-7-12-8-20-13(9-22-12)14(17-18-20)11-3-6-23-10-11/h3,6,10,12H,1-2,4-5,7-9H2,(H,16,21). The summed E-state index contributed by atoms with van der Waals surface area (Å²) in [6.07, 6.45) is 2.13. The highest BCUT2D eigenvalue weighted by atomic mass is 32.1. The zero-order chi connectivity index (χ0) is 15.6. The molecule has 4 heterocycles. The third-order valence-electron chi connectivity index (χ3n) is 4.34. The van der Waals surface area contributed by atoms with Crippen molar-refractivity contribution in [2.75, 3.05) is 19.6 Å². The molecule has 0 spiro atoms. The van der Waals surface area contributed by atoms with Gasteiger partial charge in [-0.05, 0) is 24.3 Å². The monoisotopic (exact) mass is 333 g/mol. The molecular weight excluding hydrogens is 314 g/mol. The van der Waals surface area contributed by atoms with Crippen molar-refractivity contribution in [3.05, 3.63) is 22.5 Å². The minimum atomic E-state index is -0.0638. The van der Waals surface area contributed by atoms with E-state index in [0.717, 1.165) is 42.9 Å². The van der Waals surface area contributed by atoms with Gasteiger partial charge >= 0.3 is 6.03 Å². The molecule has 0 aromatic carbocycles. The molecule has 2 aromatic heterocycles. The first kappa shape index (κ1) is 14.6. The quantitative estimate of drug-likeness (QED) is 0.928. The number of hydrogen-bond donors (Lipinski definition) is 1. The molecule has 1 unspecified atom stereocenters. The Morgan fingerprint density at radius 2 is 2.30 bits per heavy atom. The van der Waals surface area contributed by atoms with Crippen LogP contribution in [0, 0.1) is 0 Å². The maximum absolute atomic E-state index is 12.0. The van der Waals surface area contributed by atoms with Crippen molar-refractivity contribution in [1.29, 1.82) is 0 Å². The summed E-state index contributed by atoms with van der Waals surface area (Å²) in [5.74, 6) is 0. The summed E-state index contributed by atoms with van der Waals surface area (Å²) < 4.78 is 7.78. The van der Waals surface area contributed by atoms with Crippen molar-refractivity contribution in [3.63, 3.8) is 0 Å². The number of thiophene rings is 1. The van der Waals surface area contributed by atoms with Gasteiger partial charge in [0.25, 0.3) is 0 Å². The molecule has 0 saturated carbocycles. The van der Waals surface area contributed by atoms with E-state index in [0.29, 0.717) is 19.7 Å². The number of amides is 2. The van der Waals surface area contributed by atoms with Crippen LogP contribution in [-0.4, -0.2) is 51.7 Å². The zero-order valence-corrected chi connectivity index (χ0v) is 13.6. The Kier molecular flexibility index (Phi) is 4.00. The number of likely N-dealkylation sites (tertiary alicyclic amines) is 1. The molecule has 2 aliphatic heterocycles. The Morgan fingerprint density at radius 3 is 3.09 bits per heavy atom. The number of fused-ring (bicyclic) bond motifs is 1. The van der Waals surface area contributed by atoms with Crippen LogP contribution in [0.4, 0.5) is 4.79 Å². The average molecular weight is 333 g/mol. The minimum Gasteiger partial charge on any atom is -0.368 e. The summed E-state index contributed by atoms with van der Waals surface area (Å²) in [5.41, 5.74) is 2.98. The highest BCUT2D eigenvalue weighted by Gasteiger charge is 2.25. The van der Waals surface area contributed by atoms with Gasteiger partial charge in [0.05, 0.1) is 24.9 Å². The fourth-order valence-corrected chi connectivity index (χ4v) is 3.69. The molecule has 2 aromatic rings. The van der Waals surface area contributed by atoms with E-state index in [1.807, 2.05) is 21.0 Å². The second-order valence-electron chi connectivity index (χ2n) is 5.89. The molecule has 4 rings (SSSR count). The Bertz CT molecular complexity index is 678.